The Hall–Kier alpha value is -1.26. The van der Waals surface area contributed by atoms with E-state index < -0.39 is 11.9 Å². The van der Waals surface area contributed by atoms with Gasteiger partial charge in [-0.2, -0.15) is 0 Å². The SMILES string of the molecule is CCCc1c2c(C[C@H](CO)c3cc(C(=O)O)c4c(CCC)c3SS4)cc(C(=O)O)c1SS2. The molecular formula is C23H24O5S4. The summed E-state index contributed by atoms with van der Waals surface area (Å²) in [5.41, 5.74) is 4.55. The third-order valence-electron chi connectivity index (χ3n) is 5.76. The average Bonchev–Trinajstić information content (AvgIpc) is 3.22. The van der Waals surface area contributed by atoms with E-state index in [4.69, 9.17) is 0 Å². The van der Waals surface area contributed by atoms with Crippen molar-refractivity contribution in [1.82, 2.24) is 0 Å². The molecule has 0 radical (unpaired) electrons. The van der Waals surface area contributed by atoms with Crippen molar-refractivity contribution in [3.05, 3.63) is 45.5 Å². The molecule has 1 atom stereocenters. The maximum Gasteiger partial charge on any atom is 0.336 e. The highest BCUT2D eigenvalue weighted by molar-refractivity contribution is 8.77. The van der Waals surface area contributed by atoms with Crippen LogP contribution in [-0.2, 0) is 19.3 Å². The summed E-state index contributed by atoms with van der Waals surface area (Å²) in [4.78, 5) is 27.8. The van der Waals surface area contributed by atoms with Gasteiger partial charge in [-0.15, -0.1) is 0 Å². The van der Waals surface area contributed by atoms with Crippen molar-refractivity contribution in [2.24, 2.45) is 0 Å². The van der Waals surface area contributed by atoms with Crippen LogP contribution >= 0.6 is 43.2 Å². The number of rotatable bonds is 10. The van der Waals surface area contributed by atoms with Crippen LogP contribution in [0.3, 0.4) is 0 Å². The summed E-state index contributed by atoms with van der Waals surface area (Å²) in [6.45, 7) is 4.03. The highest BCUT2D eigenvalue weighted by atomic mass is 33.1. The first-order chi connectivity index (χ1) is 15.4. The van der Waals surface area contributed by atoms with Crippen molar-refractivity contribution in [3.63, 3.8) is 0 Å². The van der Waals surface area contributed by atoms with Crippen LogP contribution in [0.15, 0.2) is 31.7 Å². The topological polar surface area (TPSA) is 94.8 Å². The second kappa shape index (κ2) is 9.93. The van der Waals surface area contributed by atoms with Gasteiger partial charge in [0.25, 0.3) is 0 Å². The van der Waals surface area contributed by atoms with Gasteiger partial charge in [-0.25, -0.2) is 9.59 Å². The van der Waals surface area contributed by atoms with E-state index in [0.29, 0.717) is 17.5 Å². The Balaban J connectivity index is 1.80. The molecule has 3 N–H and O–H groups in total. The standard InChI is InChI=1S/C23H24O5S4/c1-3-5-13-18-11(8-16(22(25)26)20(13)31-29-18)7-12(10-24)15-9-17(23(27)28)21-14(6-4-2)19(15)30-32-21/h8-9,12,24H,3-7,10H2,1-2H3,(H,25,26)(H,27,28)/t12-/m1/s1. The van der Waals surface area contributed by atoms with E-state index >= 15 is 0 Å². The molecule has 2 aliphatic heterocycles. The lowest BCUT2D eigenvalue weighted by atomic mass is 9.87. The number of carboxylic acid groups (broad SMARTS) is 2. The number of carbonyl (C=O) groups is 2. The van der Waals surface area contributed by atoms with E-state index in [1.807, 2.05) is 0 Å². The van der Waals surface area contributed by atoms with Crippen molar-refractivity contribution in [2.45, 2.75) is 71.5 Å². The molecule has 5 nitrogen and oxygen atoms in total. The third-order valence-corrected chi connectivity index (χ3v) is 11.0. The number of aliphatic hydroxyl groups excluding tert-OH is 1. The van der Waals surface area contributed by atoms with Crippen molar-refractivity contribution in [2.75, 3.05) is 6.61 Å². The number of carboxylic acids is 2. The fourth-order valence-corrected chi connectivity index (χ4v) is 10.4. The van der Waals surface area contributed by atoms with Gasteiger partial charge in [0.15, 0.2) is 0 Å². The molecule has 32 heavy (non-hydrogen) atoms. The average molecular weight is 509 g/mol. The highest BCUT2D eigenvalue weighted by Crippen LogP contribution is 2.56. The minimum Gasteiger partial charge on any atom is -0.478 e. The molecule has 0 unspecified atom stereocenters. The monoisotopic (exact) mass is 508 g/mol. The predicted molar refractivity (Wildman–Crippen MR) is 132 cm³/mol. The molecule has 0 fully saturated rings. The molecule has 4 rings (SSSR count). The Morgan fingerprint density at radius 1 is 0.812 bits per heavy atom. The van der Waals surface area contributed by atoms with Crippen LogP contribution in [0.2, 0.25) is 0 Å². The van der Waals surface area contributed by atoms with Gasteiger partial charge in [-0.05, 0) is 53.6 Å². The van der Waals surface area contributed by atoms with Gasteiger partial charge in [-0.1, -0.05) is 69.9 Å². The van der Waals surface area contributed by atoms with E-state index in [-0.39, 0.29) is 12.5 Å². The zero-order valence-corrected chi connectivity index (χ0v) is 21.0. The first kappa shape index (κ1) is 23.9. The van der Waals surface area contributed by atoms with Gasteiger partial charge in [-0.3, -0.25) is 0 Å². The Bertz CT molecular complexity index is 1100. The van der Waals surface area contributed by atoms with Crippen molar-refractivity contribution in [1.29, 1.82) is 0 Å². The number of hydrogen-bond donors (Lipinski definition) is 3. The Labute approximate surface area is 202 Å². The van der Waals surface area contributed by atoms with Crippen LogP contribution in [0.1, 0.15) is 75.6 Å². The van der Waals surface area contributed by atoms with Crippen molar-refractivity contribution >= 4 is 55.1 Å². The summed E-state index contributed by atoms with van der Waals surface area (Å²) in [5.74, 6) is -2.19. The number of aromatic carboxylic acids is 2. The van der Waals surface area contributed by atoms with Gasteiger partial charge in [0.1, 0.15) is 0 Å². The summed E-state index contributed by atoms with van der Waals surface area (Å²) in [5, 5.41) is 30.0. The van der Waals surface area contributed by atoms with Gasteiger partial charge < -0.3 is 15.3 Å². The lowest BCUT2D eigenvalue weighted by Crippen LogP contribution is -2.13. The molecule has 0 saturated heterocycles. The molecule has 0 aliphatic carbocycles. The molecular weight excluding hydrogens is 485 g/mol. The van der Waals surface area contributed by atoms with E-state index in [1.165, 1.54) is 21.6 Å². The molecule has 2 heterocycles. The molecule has 2 aliphatic rings. The number of fused-ring (bicyclic) bond motifs is 4. The molecule has 2 aromatic carbocycles. The second-order valence-electron chi connectivity index (χ2n) is 7.90. The molecule has 4 bridgehead atoms. The Morgan fingerprint density at radius 2 is 1.31 bits per heavy atom. The van der Waals surface area contributed by atoms with Crippen LogP contribution in [0.4, 0.5) is 0 Å². The van der Waals surface area contributed by atoms with E-state index in [1.54, 1.807) is 33.7 Å². The second-order valence-corrected chi connectivity index (χ2v) is 12.2. The molecule has 2 aromatic rings. The normalized spacial score (nSPS) is 14.7. The number of benzene rings is 2. The smallest absolute Gasteiger partial charge is 0.336 e. The summed E-state index contributed by atoms with van der Waals surface area (Å²) < 4.78 is 0. The summed E-state index contributed by atoms with van der Waals surface area (Å²) >= 11 is 0. The fraction of sp³-hybridized carbons (Fsp3) is 0.391. The molecule has 0 amide bonds. The maximum absolute atomic E-state index is 12.0. The Morgan fingerprint density at radius 3 is 1.84 bits per heavy atom. The zero-order valence-electron chi connectivity index (χ0n) is 17.8. The van der Waals surface area contributed by atoms with Gasteiger partial charge >= 0.3 is 11.9 Å². The molecule has 0 spiro atoms. The molecule has 0 saturated carbocycles. The first-order valence-electron chi connectivity index (χ1n) is 10.6. The fourth-order valence-electron chi connectivity index (χ4n) is 4.32. The van der Waals surface area contributed by atoms with E-state index in [9.17, 15) is 24.9 Å². The Kier molecular flexibility index (Phi) is 7.41. The summed E-state index contributed by atoms with van der Waals surface area (Å²) in [6, 6.07) is 3.48. The first-order valence-corrected chi connectivity index (χ1v) is 14.9. The van der Waals surface area contributed by atoms with Gasteiger partial charge in [0.2, 0.25) is 0 Å². The summed E-state index contributed by atoms with van der Waals surface area (Å²) in [7, 11) is 6.17. The van der Waals surface area contributed by atoms with Crippen LogP contribution in [0, 0.1) is 0 Å². The molecule has 0 aromatic heterocycles. The lowest BCUT2D eigenvalue weighted by molar-refractivity contribution is 0.0681. The van der Waals surface area contributed by atoms with Gasteiger partial charge in [0, 0.05) is 25.5 Å². The van der Waals surface area contributed by atoms with Crippen LogP contribution in [-0.4, -0.2) is 33.9 Å². The minimum atomic E-state index is -0.954. The number of hydrogen-bond acceptors (Lipinski definition) is 7. The van der Waals surface area contributed by atoms with Gasteiger partial charge in [0.05, 0.1) is 17.7 Å². The van der Waals surface area contributed by atoms with E-state index in [2.05, 4.69) is 13.8 Å². The van der Waals surface area contributed by atoms with Crippen LogP contribution in [0.5, 0.6) is 0 Å². The van der Waals surface area contributed by atoms with Crippen LogP contribution < -0.4 is 0 Å². The van der Waals surface area contributed by atoms with E-state index in [0.717, 1.165) is 67.5 Å². The van der Waals surface area contributed by atoms with Crippen molar-refractivity contribution < 1.29 is 24.9 Å². The minimum absolute atomic E-state index is 0.132. The number of aliphatic hydroxyl groups is 1. The van der Waals surface area contributed by atoms with Crippen molar-refractivity contribution in [3.8, 4) is 0 Å². The summed E-state index contributed by atoms with van der Waals surface area (Å²) in [6.07, 6.45) is 3.93. The zero-order chi connectivity index (χ0) is 23.0. The van der Waals surface area contributed by atoms with Crippen LogP contribution in [0.25, 0.3) is 0 Å². The highest BCUT2D eigenvalue weighted by Gasteiger charge is 2.33. The lowest BCUT2D eigenvalue weighted by Gasteiger charge is -2.21. The molecule has 170 valence electrons. The molecule has 9 heteroatoms. The largest absolute Gasteiger partial charge is 0.478 e. The quantitative estimate of drug-likeness (QED) is 0.309. The predicted octanol–water partition coefficient (Wildman–Crippen LogP) is 6.53. The third kappa shape index (κ3) is 4.18. The maximum atomic E-state index is 12.0.